The highest BCUT2D eigenvalue weighted by Gasteiger charge is 2.31. The summed E-state index contributed by atoms with van der Waals surface area (Å²) in [6.45, 7) is 1.92. The van der Waals surface area contributed by atoms with Crippen molar-refractivity contribution in [2.45, 2.75) is 25.4 Å². The summed E-state index contributed by atoms with van der Waals surface area (Å²) >= 11 is 3.51. The number of hydrogen-bond acceptors (Lipinski definition) is 6. The van der Waals surface area contributed by atoms with Crippen molar-refractivity contribution in [1.82, 2.24) is 4.90 Å². The van der Waals surface area contributed by atoms with E-state index < -0.39 is 0 Å². The molecule has 0 atom stereocenters. The van der Waals surface area contributed by atoms with Crippen LogP contribution in [0.15, 0.2) is 34.8 Å². The number of hydrogen-bond donors (Lipinski definition) is 1. The Labute approximate surface area is 184 Å². The minimum Gasteiger partial charge on any atom is -0.497 e. The number of fused-ring (bicyclic) bond motifs is 1. The molecule has 0 radical (unpaired) electrons. The molecule has 2 aliphatic rings. The topological polar surface area (TPSA) is 69.3 Å². The Morgan fingerprint density at radius 3 is 2.53 bits per heavy atom. The molecule has 0 spiro atoms. The van der Waals surface area contributed by atoms with E-state index in [2.05, 4.69) is 26.1 Å². The van der Waals surface area contributed by atoms with Gasteiger partial charge >= 0.3 is 0 Å². The zero-order chi connectivity index (χ0) is 21.1. The van der Waals surface area contributed by atoms with Crippen molar-refractivity contribution in [2.24, 2.45) is 0 Å². The van der Waals surface area contributed by atoms with E-state index in [1.807, 2.05) is 24.3 Å². The lowest BCUT2D eigenvalue weighted by atomic mass is 10.1. The Balaban J connectivity index is 1.46. The number of ether oxygens (including phenoxy) is 4. The van der Waals surface area contributed by atoms with Crippen LogP contribution in [-0.2, 0) is 11.3 Å². The summed E-state index contributed by atoms with van der Waals surface area (Å²) in [6, 6.07) is 9.74. The van der Waals surface area contributed by atoms with E-state index in [-0.39, 0.29) is 12.5 Å². The largest absolute Gasteiger partial charge is 0.497 e. The average Bonchev–Trinajstić information content (AvgIpc) is 3.59. The van der Waals surface area contributed by atoms with Crippen molar-refractivity contribution in [2.75, 3.05) is 39.3 Å². The Morgan fingerprint density at radius 2 is 1.87 bits per heavy atom. The number of methoxy groups -OCH3 is 2. The molecule has 1 heterocycles. The van der Waals surface area contributed by atoms with Gasteiger partial charge in [-0.05, 0) is 47.0 Å². The summed E-state index contributed by atoms with van der Waals surface area (Å²) in [5.74, 6) is 2.79. The fraction of sp³-hybridized carbons (Fsp3) is 0.409. The molecule has 0 aromatic heterocycles. The normalized spacial score (nSPS) is 15.1. The van der Waals surface area contributed by atoms with Gasteiger partial charge in [0.15, 0.2) is 11.5 Å². The summed E-state index contributed by atoms with van der Waals surface area (Å²) in [5.41, 5.74) is 1.66. The molecule has 1 fully saturated rings. The first kappa shape index (κ1) is 20.8. The molecule has 2 aromatic carbocycles. The number of rotatable bonds is 8. The van der Waals surface area contributed by atoms with E-state index in [1.54, 1.807) is 20.3 Å². The second kappa shape index (κ2) is 9.14. The van der Waals surface area contributed by atoms with Crippen LogP contribution in [0.5, 0.6) is 23.0 Å². The van der Waals surface area contributed by atoms with E-state index in [0.717, 1.165) is 34.4 Å². The zero-order valence-corrected chi connectivity index (χ0v) is 18.7. The van der Waals surface area contributed by atoms with E-state index in [1.165, 1.54) is 0 Å². The smallest absolute Gasteiger partial charge is 0.238 e. The fourth-order valence-electron chi connectivity index (χ4n) is 3.51. The van der Waals surface area contributed by atoms with Crippen molar-refractivity contribution < 1.29 is 23.7 Å². The number of nitrogens with zero attached hydrogens (tertiary/aromatic N) is 1. The molecule has 30 heavy (non-hydrogen) atoms. The molecule has 8 heteroatoms. The fourth-order valence-corrected chi connectivity index (χ4v) is 3.93. The van der Waals surface area contributed by atoms with Crippen LogP contribution in [0, 0.1) is 0 Å². The van der Waals surface area contributed by atoms with Gasteiger partial charge in [0.2, 0.25) is 5.91 Å². The summed E-state index contributed by atoms with van der Waals surface area (Å²) in [5, 5.41) is 2.99. The van der Waals surface area contributed by atoms with Gasteiger partial charge in [-0.3, -0.25) is 9.69 Å². The van der Waals surface area contributed by atoms with Crippen LogP contribution >= 0.6 is 15.9 Å². The number of halogens is 1. The molecule has 4 rings (SSSR count). The van der Waals surface area contributed by atoms with Crippen LogP contribution in [0.2, 0.25) is 0 Å². The first-order valence-electron chi connectivity index (χ1n) is 9.91. The lowest BCUT2D eigenvalue weighted by Gasteiger charge is -2.24. The van der Waals surface area contributed by atoms with Gasteiger partial charge in [-0.1, -0.05) is 0 Å². The van der Waals surface area contributed by atoms with E-state index in [4.69, 9.17) is 18.9 Å². The van der Waals surface area contributed by atoms with Gasteiger partial charge in [-0.15, -0.1) is 0 Å². The second-order valence-electron chi connectivity index (χ2n) is 7.34. The van der Waals surface area contributed by atoms with Gasteiger partial charge in [0.1, 0.15) is 24.7 Å². The number of benzene rings is 2. The van der Waals surface area contributed by atoms with Gasteiger partial charge in [-0.25, -0.2) is 0 Å². The van der Waals surface area contributed by atoms with Crippen LogP contribution < -0.4 is 24.3 Å². The van der Waals surface area contributed by atoms with Gasteiger partial charge in [0.25, 0.3) is 0 Å². The third-order valence-electron chi connectivity index (χ3n) is 5.18. The highest BCUT2D eigenvalue weighted by Crippen LogP contribution is 2.38. The molecule has 0 saturated heterocycles. The second-order valence-corrected chi connectivity index (χ2v) is 8.19. The maximum Gasteiger partial charge on any atom is 0.238 e. The minimum absolute atomic E-state index is 0.0823. The SMILES string of the molecule is COc1ccc(OC)c(CN(CC(=O)Nc2cc3c(cc2Br)OCCO3)C2CC2)c1. The third-order valence-corrected chi connectivity index (χ3v) is 5.83. The molecule has 1 saturated carbocycles. The van der Waals surface area contributed by atoms with E-state index >= 15 is 0 Å². The van der Waals surface area contributed by atoms with Gasteiger partial charge in [0, 0.05) is 34.8 Å². The van der Waals surface area contributed by atoms with Crippen LogP contribution in [-0.4, -0.2) is 50.8 Å². The van der Waals surface area contributed by atoms with Crippen molar-refractivity contribution in [3.63, 3.8) is 0 Å². The first-order chi connectivity index (χ1) is 14.6. The molecule has 1 N–H and O–H groups in total. The predicted molar refractivity (Wildman–Crippen MR) is 117 cm³/mol. The van der Waals surface area contributed by atoms with Crippen LogP contribution in [0.25, 0.3) is 0 Å². The Bertz CT molecular complexity index is 932. The van der Waals surface area contributed by atoms with Crippen LogP contribution in [0.4, 0.5) is 5.69 Å². The lowest BCUT2D eigenvalue weighted by Crippen LogP contribution is -2.34. The van der Waals surface area contributed by atoms with Gasteiger partial charge in [-0.2, -0.15) is 0 Å². The molecule has 1 aliphatic carbocycles. The monoisotopic (exact) mass is 476 g/mol. The minimum atomic E-state index is -0.0823. The van der Waals surface area contributed by atoms with Crippen molar-refractivity contribution in [3.05, 3.63) is 40.4 Å². The number of carbonyl (C=O) groups excluding carboxylic acids is 1. The molecular formula is C22H25BrN2O5. The van der Waals surface area contributed by atoms with Crippen molar-refractivity contribution in [1.29, 1.82) is 0 Å². The number of anilines is 1. The molecule has 1 aliphatic heterocycles. The van der Waals surface area contributed by atoms with Gasteiger partial charge < -0.3 is 24.3 Å². The molecule has 160 valence electrons. The molecule has 0 bridgehead atoms. The van der Waals surface area contributed by atoms with Crippen molar-refractivity contribution in [3.8, 4) is 23.0 Å². The van der Waals surface area contributed by atoms with Crippen LogP contribution in [0.1, 0.15) is 18.4 Å². The first-order valence-corrected chi connectivity index (χ1v) is 10.7. The Hall–Kier alpha value is -2.45. The zero-order valence-electron chi connectivity index (χ0n) is 17.1. The summed E-state index contributed by atoms with van der Waals surface area (Å²) in [7, 11) is 3.29. The van der Waals surface area contributed by atoms with Crippen LogP contribution in [0.3, 0.4) is 0 Å². The quantitative estimate of drug-likeness (QED) is 0.623. The molecule has 0 unspecified atom stereocenters. The Morgan fingerprint density at radius 1 is 1.13 bits per heavy atom. The van der Waals surface area contributed by atoms with E-state index in [0.29, 0.717) is 43.0 Å². The summed E-state index contributed by atoms with van der Waals surface area (Å²) in [6.07, 6.45) is 2.18. The Kier molecular flexibility index (Phi) is 6.34. The highest BCUT2D eigenvalue weighted by atomic mass is 79.9. The maximum absolute atomic E-state index is 12.8. The summed E-state index contributed by atoms with van der Waals surface area (Å²) in [4.78, 5) is 15.0. The molecule has 2 aromatic rings. The third kappa shape index (κ3) is 4.82. The number of amides is 1. The predicted octanol–water partition coefficient (Wildman–Crippen LogP) is 3.84. The van der Waals surface area contributed by atoms with E-state index in [9.17, 15) is 4.79 Å². The lowest BCUT2D eigenvalue weighted by molar-refractivity contribution is -0.117. The highest BCUT2D eigenvalue weighted by molar-refractivity contribution is 9.10. The van der Waals surface area contributed by atoms with Crippen molar-refractivity contribution >= 4 is 27.5 Å². The van der Waals surface area contributed by atoms with Gasteiger partial charge in [0.05, 0.1) is 26.5 Å². The maximum atomic E-state index is 12.8. The molecule has 1 amide bonds. The standard InChI is InChI=1S/C22H25BrN2O5/c1-27-16-5-6-19(28-2)14(9-16)12-25(15-3-4-15)13-22(26)24-18-11-21-20(10-17(18)23)29-7-8-30-21/h5-6,9-11,15H,3-4,7-8,12-13H2,1-2H3,(H,24,26). The molecule has 7 nitrogen and oxygen atoms in total. The average molecular weight is 477 g/mol. The summed E-state index contributed by atoms with van der Waals surface area (Å²) < 4.78 is 22.8. The molecular weight excluding hydrogens is 452 g/mol. The number of nitrogens with one attached hydrogen (secondary N) is 1. The number of carbonyl (C=O) groups is 1.